The summed E-state index contributed by atoms with van der Waals surface area (Å²) in [5.74, 6) is -3.46. The third-order valence-corrected chi connectivity index (χ3v) is 6.55. The lowest BCUT2D eigenvalue weighted by molar-refractivity contribution is -0.192. The van der Waals surface area contributed by atoms with E-state index in [1.165, 1.54) is 37.6 Å². The molecule has 0 unspecified atom stereocenters. The van der Waals surface area contributed by atoms with Gasteiger partial charge in [-0.1, -0.05) is 24.4 Å². The highest BCUT2D eigenvalue weighted by molar-refractivity contribution is 7.92. The van der Waals surface area contributed by atoms with Gasteiger partial charge in [0.15, 0.2) is 0 Å². The molecule has 1 aliphatic rings. The van der Waals surface area contributed by atoms with E-state index in [1.807, 2.05) is 4.90 Å². The van der Waals surface area contributed by atoms with Gasteiger partial charge in [-0.25, -0.2) is 23.0 Å². The van der Waals surface area contributed by atoms with Gasteiger partial charge in [0.1, 0.15) is 22.0 Å². The number of sulfonamides is 1. The highest BCUT2D eigenvalue weighted by Gasteiger charge is 2.38. The van der Waals surface area contributed by atoms with Gasteiger partial charge in [-0.05, 0) is 37.1 Å². The summed E-state index contributed by atoms with van der Waals surface area (Å²) in [4.78, 5) is 26.7. The fraction of sp³-hybridized carbons (Fsp3) is 0.381. The van der Waals surface area contributed by atoms with Crippen molar-refractivity contribution < 1.29 is 46.1 Å². The standard InChI is InChI=1S/C19H22ClN3O5S.C2HF3O2/c1-28-16-7-6-13(20)10-17(16)29(26,27)22-14-11-15(19(24)25)18(21-12-14)23-8-4-2-3-5-9-23;3-2(4,5)1(6)7/h6-7,10-12,22H,2-5,8-9H2,1H3,(H,24,25);(H,6,7). The first-order valence-corrected chi connectivity index (χ1v) is 12.3. The largest absolute Gasteiger partial charge is 0.495 e. The molecule has 0 amide bonds. The molecule has 36 heavy (non-hydrogen) atoms. The molecular weight excluding hydrogens is 531 g/mol. The molecule has 0 saturated carbocycles. The topological polar surface area (TPSA) is 146 Å². The highest BCUT2D eigenvalue weighted by atomic mass is 35.5. The highest BCUT2D eigenvalue weighted by Crippen LogP contribution is 2.30. The lowest BCUT2D eigenvalue weighted by atomic mass is 10.2. The number of carboxylic acids is 2. The quantitative estimate of drug-likeness (QED) is 0.477. The first-order valence-electron chi connectivity index (χ1n) is 10.4. The Labute approximate surface area is 209 Å². The van der Waals surface area contributed by atoms with Crippen LogP contribution in [0.3, 0.4) is 0 Å². The zero-order valence-electron chi connectivity index (χ0n) is 18.9. The molecule has 1 aromatic heterocycles. The van der Waals surface area contributed by atoms with Crippen molar-refractivity contribution in [3.63, 3.8) is 0 Å². The maximum Gasteiger partial charge on any atom is 0.490 e. The van der Waals surface area contributed by atoms with Crippen LogP contribution >= 0.6 is 11.6 Å². The van der Waals surface area contributed by atoms with Crippen LogP contribution in [0.1, 0.15) is 36.0 Å². The monoisotopic (exact) mass is 553 g/mol. The molecule has 2 aromatic rings. The lowest BCUT2D eigenvalue weighted by Crippen LogP contribution is -2.27. The van der Waals surface area contributed by atoms with Gasteiger partial charge in [0.2, 0.25) is 0 Å². The normalized spacial score (nSPS) is 14.2. The zero-order chi connectivity index (χ0) is 27.1. The van der Waals surface area contributed by atoms with Gasteiger partial charge < -0.3 is 19.8 Å². The smallest absolute Gasteiger partial charge is 0.490 e. The number of alkyl halides is 3. The van der Waals surface area contributed by atoms with E-state index in [9.17, 15) is 31.5 Å². The number of nitrogens with one attached hydrogen (secondary N) is 1. The summed E-state index contributed by atoms with van der Waals surface area (Å²) >= 11 is 5.93. The van der Waals surface area contributed by atoms with Gasteiger partial charge in [0.05, 0.1) is 19.0 Å². The molecule has 1 aliphatic heterocycles. The molecular formula is C21H23ClF3N3O7S. The van der Waals surface area contributed by atoms with Gasteiger partial charge in [-0.2, -0.15) is 13.2 Å². The Kier molecular flexibility index (Phi) is 9.76. The van der Waals surface area contributed by atoms with E-state index in [0.717, 1.165) is 38.8 Å². The van der Waals surface area contributed by atoms with Crippen molar-refractivity contribution in [2.75, 3.05) is 29.8 Å². The molecule has 2 heterocycles. The van der Waals surface area contributed by atoms with Crippen LogP contribution in [0.5, 0.6) is 5.75 Å². The molecule has 0 atom stereocenters. The molecule has 0 spiro atoms. The summed E-state index contributed by atoms with van der Waals surface area (Å²) in [6.45, 7) is 1.44. The minimum atomic E-state index is -5.08. The van der Waals surface area contributed by atoms with Crippen molar-refractivity contribution in [2.45, 2.75) is 36.8 Å². The number of aromatic carboxylic acids is 1. The minimum Gasteiger partial charge on any atom is -0.495 e. The number of methoxy groups -OCH3 is 1. The van der Waals surface area contributed by atoms with Crippen LogP contribution < -0.4 is 14.4 Å². The number of carboxylic acid groups (broad SMARTS) is 2. The molecule has 0 radical (unpaired) electrons. The molecule has 10 nitrogen and oxygen atoms in total. The van der Waals surface area contributed by atoms with Gasteiger partial charge in [0.25, 0.3) is 10.0 Å². The number of rotatable bonds is 6. The van der Waals surface area contributed by atoms with Crippen LogP contribution in [-0.2, 0) is 14.8 Å². The van der Waals surface area contributed by atoms with E-state index in [2.05, 4.69) is 9.71 Å². The number of aromatic nitrogens is 1. The summed E-state index contributed by atoms with van der Waals surface area (Å²) in [6.07, 6.45) is 0.352. The number of carbonyl (C=O) groups is 2. The second-order valence-corrected chi connectivity index (χ2v) is 9.59. The number of hydrogen-bond acceptors (Lipinski definition) is 7. The summed E-state index contributed by atoms with van der Waals surface area (Å²) in [6, 6.07) is 5.50. The average Bonchev–Trinajstić information content (AvgIpc) is 3.08. The molecule has 0 aliphatic carbocycles. The lowest BCUT2D eigenvalue weighted by Gasteiger charge is -2.23. The van der Waals surface area contributed by atoms with Crippen LogP contribution in [0.15, 0.2) is 35.4 Å². The molecule has 1 saturated heterocycles. The van der Waals surface area contributed by atoms with E-state index in [1.54, 1.807) is 0 Å². The number of benzene rings is 1. The Bertz CT molecular complexity index is 1200. The van der Waals surface area contributed by atoms with Crippen molar-refractivity contribution in [2.24, 2.45) is 0 Å². The average molecular weight is 554 g/mol. The molecule has 0 bridgehead atoms. The molecule has 198 valence electrons. The van der Waals surface area contributed by atoms with Crippen LogP contribution in [0.4, 0.5) is 24.7 Å². The SMILES string of the molecule is COc1ccc(Cl)cc1S(=O)(=O)Nc1cnc(N2CCCCCC2)c(C(=O)O)c1.O=C(O)C(F)(F)F. The first kappa shape index (κ1) is 29.0. The molecule has 3 N–H and O–H groups in total. The van der Waals surface area contributed by atoms with Gasteiger partial charge >= 0.3 is 18.1 Å². The van der Waals surface area contributed by atoms with Gasteiger partial charge in [-0.15, -0.1) is 0 Å². The van der Waals surface area contributed by atoms with Crippen LogP contribution in [0.2, 0.25) is 5.02 Å². The Morgan fingerprint density at radius 3 is 2.19 bits per heavy atom. The number of anilines is 2. The minimum absolute atomic E-state index is 0.0444. The fourth-order valence-corrected chi connectivity index (χ4v) is 4.74. The van der Waals surface area contributed by atoms with E-state index < -0.39 is 28.1 Å². The second kappa shape index (κ2) is 12.1. The molecule has 3 rings (SSSR count). The maximum atomic E-state index is 12.8. The van der Waals surface area contributed by atoms with E-state index >= 15 is 0 Å². The number of hydrogen-bond donors (Lipinski definition) is 3. The van der Waals surface area contributed by atoms with E-state index in [-0.39, 0.29) is 26.9 Å². The third-order valence-electron chi connectivity index (χ3n) is 4.91. The molecule has 1 fully saturated rings. The maximum absolute atomic E-state index is 12.8. The summed E-state index contributed by atoms with van der Waals surface area (Å²) in [7, 11) is -2.72. The van der Waals surface area contributed by atoms with Crippen molar-refractivity contribution in [3.8, 4) is 5.75 Å². The summed E-state index contributed by atoms with van der Waals surface area (Å²) < 4.78 is 64.8. The van der Waals surface area contributed by atoms with Crippen LogP contribution in [-0.4, -0.2) is 61.9 Å². The van der Waals surface area contributed by atoms with Crippen molar-refractivity contribution in [1.82, 2.24) is 4.98 Å². The predicted molar refractivity (Wildman–Crippen MR) is 124 cm³/mol. The number of ether oxygens (including phenoxy) is 1. The fourth-order valence-electron chi connectivity index (χ4n) is 3.28. The molecule has 1 aromatic carbocycles. The van der Waals surface area contributed by atoms with Crippen LogP contribution in [0, 0.1) is 0 Å². The Morgan fingerprint density at radius 1 is 1.11 bits per heavy atom. The summed E-state index contributed by atoms with van der Waals surface area (Å²) in [5, 5.41) is 17.0. The second-order valence-electron chi connectivity index (χ2n) is 7.51. The number of aliphatic carboxylic acids is 1. The van der Waals surface area contributed by atoms with E-state index in [0.29, 0.717) is 5.82 Å². The first-order chi connectivity index (χ1) is 16.8. The van der Waals surface area contributed by atoms with Gasteiger partial charge in [0, 0.05) is 18.1 Å². The van der Waals surface area contributed by atoms with E-state index in [4.69, 9.17) is 26.2 Å². The number of nitrogens with zero attached hydrogens (tertiary/aromatic N) is 2. The van der Waals surface area contributed by atoms with Crippen LogP contribution in [0.25, 0.3) is 0 Å². The summed E-state index contributed by atoms with van der Waals surface area (Å²) in [5.41, 5.74) is -0.00633. The van der Waals surface area contributed by atoms with Crippen molar-refractivity contribution in [3.05, 3.63) is 41.0 Å². The Morgan fingerprint density at radius 2 is 1.69 bits per heavy atom. The Hall–Kier alpha value is -3.26. The Balaban J connectivity index is 0.000000572. The number of pyridine rings is 1. The third kappa shape index (κ3) is 7.88. The number of halogens is 4. The van der Waals surface area contributed by atoms with Crippen molar-refractivity contribution >= 4 is 45.1 Å². The van der Waals surface area contributed by atoms with Crippen molar-refractivity contribution in [1.29, 1.82) is 0 Å². The zero-order valence-corrected chi connectivity index (χ0v) is 20.5. The van der Waals surface area contributed by atoms with Gasteiger partial charge in [-0.3, -0.25) is 4.72 Å². The molecule has 15 heteroatoms. The predicted octanol–water partition coefficient (Wildman–Crippen LogP) is 4.26.